The van der Waals surface area contributed by atoms with Crippen molar-refractivity contribution in [2.75, 3.05) is 21.0 Å². The number of carbonyl (C=O) groups excluding carboxylic acids is 1. The van der Waals surface area contributed by atoms with E-state index in [0.29, 0.717) is 22.8 Å². The van der Waals surface area contributed by atoms with E-state index in [4.69, 9.17) is 18.9 Å². The number of aldehydes is 1. The molecule has 108 valence electrons. The highest BCUT2D eigenvalue weighted by Crippen LogP contribution is 2.43. The van der Waals surface area contributed by atoms with Gasteiger partial charge < -0.3 is 18.9 Å². The summed E-state index contributed by atoms with van der Waals surface area (Å²) in [4.78, 5) is 11.4. The molecule has 20 heavy (non-hydrogen) atoms. The van der Waals surface area contributed by atoms with Crippen molar-refractivity contribution in [2.24, 2.45) is 0 Å². The Bertz CT molecular complexity index is 546. The lowest BCUT2D eigenvalue weighted by atomic mass is 9.98. The first kappa shape index (κ1) is 14.4. The van der Waals surface area contributed by atoms with Crippen LogP contribution in [0.2, 0.25) is 0 Å². The number of rotatable bonds is 5. The minimum Gasteiger partial charge on any atom is -0.496 e. The molecule has 0 saturated carbocycles. The van der Waals surface area contributed by atoms with Crippen molar-refractivity contribution in [1.29, 1.82) is 0 Å². The van der Waals surface area contributed by atoms with Crippen molar-refractivity contribution >= 4 is 12.4 Å². The van der Waals surface area contributed by atoms with Crippen LogP contribution in [-0.4, -0.2) is 32.9 Å². The predicted octanol–water partition coefficient (Wildman–Crippen LogP) is 2.67. The van der Waals surface area contributed by atoms with E-state index in [1.54, 1.807) is 13.2 Å². The van der Waals surface area contributed by atoms with Crippen molar-refractivity contribution in [2.45, 2.75) is 19.4 Å². The molecule has 1 heterocycles. The third kappa shape index (κ3) is 2.63. The molecule has 0 unspecified atom stereocenters. The van der Waals surface area contributed by atoms with Gasteiger partial charge in [-0.25, -0.2) is 0 Å². The number of methoxy groups -OCH3 is 2. The van der Waals surface area contributed by atoms with Gasteiger partial charge in [-0.1, -0.05) is 0 Å². The topological polar surface area (TPSA) is 54.0 Å². The predicted molar refractivity (Wildman–Crippen MR) is 74.6 cm³/mol. The zero-order valence-corrected chi connectivity index (χ0v) is 12.1. The van der Waals surface area contributed by atoms with Gasteiger partial charge in [-0.3, -0.25) is 4.79 Å². The van der Waals surface area contributed by atoms with Gasteiger partial charge in [-0.2, -0.15) is 0 Å². The van der Waals surface area contributed by atoms with Gasteiger partial charge in [-0.05, 0) is 26.0 Å². The number of fused-ring (bicyclic) bond motifs is 1. The summed E-state index contributed by atoms with van der Waals surface area (Å²) in [7, 11) is 3.07. The average Bonchev–Trinajstić information content (AvgIpc) is 2.42. The van der Waals surface area contributed by atoms with Crippen molar-refractivity contribution in [3.8, 4) is 17.2 Å². The van der Waals surface area contributed by atoms with Crippen LogP contribution in [0, 0.1) is 0 Å². The Morgan fingerprint density at radius 3 is 2.65 bits per heavy atom. The molecule has 0 atom stereocenters. The summed E-state index contributed by atoms with van der Waals surface area (Å²) in [6.07, 6.45) is 4.53. The highest BCUT2D eigenvalue weighted by atomic mass is 16.7. The quantitative estimate of drug-likeness (QED) is 0.612. The van der Waals surface area contributed by atoms with Gasteiger partial charge in [0.2, 0.25) is 0 Å². The number of carbonyl (C=O) groups is 1. The summed E-state index contributed by atoms with van der Waals surface area (Å²) >= 11 is 0. The molecule has 0 aromatic heterocycles. The first-order valence-electron chi connectivity index (χ1n) is 6.22. The molecule has 0 N–H and O–H groups in total. The third-order valence-corrected chi connectivity index (χ3v) is 2.97. The molecule has 0 amide bonds. The molecule has 1 aromatic carbocycles. The van der Waals surface area contributed by atoms with E-state index in [-0.39, 0.29) is 6.79 Å². The van der Waals surface area contributed by atoms with Gasteiger partial charge in [0.05, 0.1) is 18.2 Å². The van der Waals surface area contributed by atoms with E-state index in [9.17, 15) is 4.79 Å². The first-order valence-corrected chi connectivity index (χ1v) is 6.22. The Kier molecular flexibility index (Phi) is 3.99. The minimum absolute atomic E-state index is 0.0437. The number of hydrogen-bond donors (Lipinski definition) is 0. The minimum atomic E-state index is -0.490. The van der Waals surface area contributed by atoms with Crippen LogP contribution in [0.25, 0.3) is 6.08 Å². The molecule has 5 nitrogen and oxygen atoms in total. The second kappa shape index (κ2) is 5.54. The van der Waals surface area contributed by atoms with E-state index in [2.05, 4.69) is 0 Å². The van der Waals surface area contributed by atoms with Crippen LogP contribution >= 0.6 is 0 Å². The highest BCUT2D eigenvalue weighted by Gasteiger charge is 2.28. The largest absolute Gasteiger partial charge is 0.496 e. The Labute approximate surface area is 118 Å². The van der Waals surface area contributed by atoms with Crippen LogP contribution < -0.4 is 14.2 Å². The van der Waals surface area contributed by atoms with Gasteiger partial charge >= 0.3 is 0 Å². The molecule has 0 radical (unpaired) electrons. The third-order valence-electron chi connectivity index (χ3n) is 2.97. The lowest BCUT2D eigenvalue weighted by molar-refractivity contribution is 0.0498. The normalized spacial score (nSPS) is 15.2. The van der Waals surface area contributed by atoms with Gasteiger partial charge in [-0.15, -0.1) is 0 Å². The summed E-state index contributed by atoms with van der Waals surface area (Å²) in [5.74, 6) is 1.44. The fourth-order valence-corrected chi connectivity index (χ4v) is 2.01. The summed E-state index contributed by atoms with van der Waals surface area (Å²) in [5.41, 5.74) is 0.601. The average molecular weight is 278 g/mol. The van der Waals surface area contributed by atoms with E-state index >= 15 is 0 Å². The van der Waals surface area contributed by atoms with Crippen LogP contribution in [-0.2, 0) is 4.74 Å². The van der Waals surface area contributed by atoms with Crippen LogP contribution in [0.1, 0.15) is 29.8 Å². The molecular formula is C15H18O5. The molecule has 0 bridgehead atoms. The lowest BCUT2D eigenvalue weighted by Crippen LogP contribution is -2.28. The lowest BCUT2D eigenvalue weighted by Gasteiger charge is -2.30. The summed E-state index contributed by atoms with van der Waals surface area (Å²) < 4.78 is 21.5. The highest BCUT2D eigenvalue weighted by molar-refractivity contribution is 5.89. The summed E-state index contributed by atoms with van der Waals surface area (Å²) in [6, 6.07) is 1.66. The molecule has 1 aromatic rings. The molecule has 2 rings (SSSR count). The van der Waals surface area contributed by atoms with Crippen molar-refractivity contribution in [3.63, 3.8) is 0 Å². The molecule has 0 saturated heterocycles. The van der Waals surface area contributed by atoms with Crippen molar-refractivity contribution in [1.82, 2.24) is 0 Å². The maximum absolute atomic E-state index is 11.4. The fourth-order valence-electron chi connectivity index (χ4n) is 2.01. The summed E-state index contributed by atoms with van der Waals surface area (Å²) in [6.45, 7) is 3.87. The maximum atomic E-state index is 11.4. The molecule has 0 spiro atoms. The van der Waals surface area contributed by atoms with Crippen LogP contribution in [0.4, 0.5) is 0 Å². The van der Waals surface area contributed by atoms with Gasteiger partial charge in [0, 0.05) is 13.2 Å². The standard InChI is InChI=1S/C15H18O5/c1-15(2)6-5-10-12(18-4)7-13(19-9-17-3)11(8-16)14(10)20-15/h5-8H,9H2,1-4H3. The Balaban J connectivity index is 2.59. The molecule has 0 aliphatic carbocycles. The van der Waals surface area contributed by atoms with E-state index < -0.39 is 5.60 Å². The Hall–Kier alpha value is -2.01. The molecule has 0 fully saturated rings. The monoisotopic (exact) mass is 278 g/mol. The fraction of sp³-hybridized carbons (Fsp3) is 0.400. The Morgan fingerprint density at radius 2 is 2.05 bits per heavy atom. The SMILES string of the molecule is COCOc1cc(OC)c2c(c1C=O)OC(C)(C)C=C2. The van der Waals surface area contributed by atoms with E-state index in [0.717, 1.165) is 11.8 Å². The molecule has 5 heteroatoms. The zero-order valence-electron chi connectivity index (χ0n) is 12.1. The van der Waals surface area contributed by atoms with Crippen molar-refractivity contribution < 1.29 is 23.7 Å². The number of benzene rings is 1. The zero-order chi connectivity index (χ0) is 14.8. The van der Waals surface area contributed by atoms with Gasteiger partial charge in [0.15, 0.2) is 13.1 Å². The van der Waals surface area contributed by atoms with Gasteiger partial charge in [0.25, 0.3) is 0 Å². The van der Waals surface area contributed by atoms with Crippen molar-refractivity contribution in [3.05, 3.63) is 23.3 Å². The smallest absolute Gasteiger partial charge is 0.188 e. The second-order valence-corrected chi connectivity index (χ2v) is 4.94. The summed E-state index contributed by atoms with van der Waals surface area (Å²) in [5, 5.41) is 0. The van der Waals surface area contributed by atoms with Gasteiger partial charge in [0.1, 0.15) is 22.8 Å². The molecule has 1 aliphatic heterocycles. The van der Waals surface area contributed by atoms with Crippen LogP contribution in [0.3, 0.4) is 0 Å². The van der Waals surface area contributed by atoms with Crippen LogP contribution in [0.5, 0.6) is 17.2 Å². The number of hydrogen-bond acceptors (Lipinski definition) is 5. The maximum Gasteiger partial charge on any atom is 0.188 e. The molecule has 1 aliphatic rings. The number of ether oxygens (including phenoxy) is 4. The van der Waals surface area contributed by atoms with E-state index in [1.807, 2.05) is 26.0 Å². The first-order chi connectivity index (χ1) is 9.52. The Morgan fingerprint density at radius 1 is 1.30 bits per heavy atom. The molecular weight excluding hydrogens is 260 g/mol. The van der Waals surface area contributed by atoms with E-state index in [1.165, 1.54) is 7.11 Å². The second-order valence-electron chi connectivity index (χ2n) is 4.94. The van der Waals surface area contributed by atoms with Crippen LogP contribution in [0.15, 0.2) is 12.1 Å².